The fraction of sp³-hybridized carbons (Fsp3) is 0.133. The summed E-state index contributed by atoms with van der Waals surface area (Å²) in [6.07, 6.45) is 0. The summed E-state index contributed by atoms with van der Waals surface area (Å²) in [5.74, 6) is -0.306. The third-order valence-corrected chi connectivity index (χ3v) is 3.26. The highest BCUT2D eigenvalue weighted by Gasteiger charge is 2.14. The first-order valence-corrected chi connectivity index (χ1v) is 6.36. The van der Waals surface area contributed by atoms with Crippen LogP contribution in [0.1, 0.15) is 21.5 Å². The number of hydrogen-bond donors (Lipinski definition) is 2. The van der Waals surface area contributed by atoms with E-state index in [1.807, 2.05) is 0 Å². The first-order valence-electron chi connectivity index (χ1n) is 6.36. The van der Waals surface area contributed by atoms with Crippen molar-refractivity contribution in [3.8, 4) is 0 Å². The normalized spacial score (nSPS) is 10.1. The van der Waals surface area contributed by atoms with E-state index in [2.05, 4.69) is 5.32 Å². The van der Waals surface area contributed by atoms with Crippen molar-refractivity contribution in [2.75, 3.05) is 5.73 Å². The number of nitrogen functional groups attached to an aromatic ring is 1. The number of hydrogen-bond acceptors (Lipinski definition) is 4. The van der Waals surface area contributed by atoms with Crippen LogP contribution in [0.3, 0.4) is 0 Å². The smallest absolute Gasteiger partial charge is 0.272 e. The molecule has 2 aromatic carbocycles. The maximum absolute atomic E-state index is 12.0. The lowest BCUT2D eigenvalue weighted by molar-refractivity contribution is -0.385. The van der Waals surface area contributed by atoms with E-state index >= 15 is 0 Å². The molecule has 6 heteroatoms. The van der Waals surface area contributed by atoms with Gasteiger partial charge in [0.2, 0.25) is 0 Å². The highest BCUT2D eigenvalue weighted by molar-refractivity contribution is 5.99. The van der Waals surface area contributed by atoms with Crippen LogP contribution in [-0.4, -0.2) is 10.8 Å². The molecule has 2 aromatic rings. The van der Waals surface area contributed by atoms with Gasteiger partial charge in [0.05, 0.1) is 10.5 Å². The predicted octanol–water partition coefficient (Wildman–Crippen LogP) is 2.42. The first-order chi connectivity index (χ1) is 10.0. The Bertz CT molecular complexity index is 698. The van der Waals surface area contributed by atoms with Crippen LogP contribution in [-0.2, 0) is 6.54 Å². The molecule has 0 saturated carbocycles. The van der Waals surface area contributed by atoms with Crippen LogP contribution in [0.4, 0.5) is 11.4 Å². The number of para-hydroxylation sites is 1. The number of nitro groups is 1. The van der Waals surface area contributed by atoms with E-state index in [0.29, 0.717) is 22.4 Å². The number of nitrogens with one attached hydrogen (secondary N) is 1. The number of rotatable bonds is 4. The van der Waals surface area contributed by atoms with Crippen molar-refractivity contribution in [1.29, 1.82) is 0 Å². The molecule has 0 unspecified atom stereocenters. The molecule has 0 aliphatic carbocycles. The molecule has 21 heavy (non-hydrogen) atoms. The number of carbonyl (C=O) groups excluding carboxylic acids is 1. The lowest BCUT2D eigenvalue weighted by Gasteiger charge is -2.09. The van der Waals surface area contributed by atoms with Gasteiger partial charge < -0.3 is 11.1 Å². The molecule has 0 radical (unpaired) electrons. The fourth-order valence-electron chi connectivity index (χ4n) is 2.03. The number of carbonyl (C=O) groups is 1. The van der Waals surface area contributed by atoms with E-state index in [9.17, 15) is 14.9 Å². The van der Waals surface area contributed by atoms with Crippen LogP contribution in [0.5, 0.6) is 0 Å². The van der Waals surface area contributed by atoms with Gasteiger partial charge in [-0.15, -0.1) is 0 Å². The monoisotopic (exact) mass is 285 g/mol. The molecule has 108 valence electrons. The molecule has 0 fully saturated rings. The average molecular weight is 285 g/mol. The minimum absolute atomic E-state index is 0.0426. The SMILES string of the molecule is Cc1c(CNC(=O)c2ccccc2N)cccc1[N+](=O)[O-]. The van der Waals surface area contributed by atoms with E-state index in [1.165, 1.54) is 6.07 Å². The van der Waals surface area contributed by atoms with E-state index in [1.54, 1.807) is 43.3 Å². The Morgan fingerprint density at radius 2 is 1.95 bits per heavy atom. The van der Waals surface area contributed by atoms with Crippen LogP contribution >= 0.6 is 0 Å². The molecular formula is C15H15N3O3. The van der Waals surface area contributed by atoms with Crippen molar-refractivity contribution < 1.29 is 9.72 Å². The second-order valence-electron chi connectivity index (χ2n) is 4.59. The molecule has 1 amide bonds. The number of nitrogens with two attached hydrogens (primary N) is 1. The Hall–Kier alpha value is -2.89. The zero-order chi connectivity index (χ0) is 15.4. The first kappa shape index (κ1) is 14.5. The van der Waals surface area contributed by atoms with Gasteiger partial charge in [-0.1, -0.05) is 24.3 Å². The molecule has 0 heterocycles. The minimum atomic E-state index is -0.435. The minimum Gasteiger partial charge on any atom is -0.398 e. The third kappa shape index (κ3) is 3.17. The van der Waals surface area contributed by atoms with Gasteiger partial charge in [-0.2, -0.15) is 0 Å². The second kappa shape index (κ2) is 6.04. The molecule has 6 nitrogen and oxygen atoms in total. The van der Waals surface area contributed by atoms with Crippen molar-refractivity contribution in [3.63, 3.8) is 0 Å². The fourth-order valence-corrected chi connectivity index (χ4v) is 2.03. The van der Waals surface area contributed by atoms with Gasteiger partial charge in [0.25, 0.3) is 11.6 Å². The molecule has 3 N–H and O–H groups in total. The summed E-state index contributed by atoms with van der Waals surface area (Å²) in [4.78, 5) is 22.5. The van der Waals surface area contributed by atoms with Crippen LogP contribution in [0, 0.1) is 17.0 Å². The van der Waals surface area contributed by atoms with Crippen molar-refractivity contribution in [2.24, 2.45) is 0 Å². The van der Waals surface area contributed by atoms with Crippen molar-refractivity contribution >= 4 is 17.3 Å². The summed E-state index contributed by atoms with van der Waals surface area (Å²) in [6.45, 7) is 1.87. The summed E-state index contributed by atoms with van der Waals surface area (Å²) >= 11 is 0. The number of anilines is 1. The topological polar surface area (TPSA) is 98.3 Å². The number of benzene rings is 2. The summed E-state index contributed by atoms with van der Waals surface area (Å²) in [6, 6.07) is 11.5. The van der Waals surface area contributed by atoms with E-state index in [-0.39, 0.29) is 18.1 Å². The Labute approximate surface area is 121 Å². The van der Waals surface area contributed by atoms with E-state index in [4.69, 9.17) is 5.73 Å². The molecule has 0 aromatic heterocycles. The highest BCUT2D eigenvalue weighted by atomic mass is 16.6. The predicted molar refractivity (Wildman–Crippen MR) is 79.9 cm³/mol. The average Bonchev–Trinajstić information content (AvgIpc) is 2.46. The van der Waals surface area contributed by atoms with Gasteiger partial charge in [0.15, 0.2) is 0 Å². The molecule has 0 atom stereocenters. The summed E-state index contributed by atoms with van der Waals surface area (Å²) in [7, 11) is 0. The zero-order valence-electron chi connectivity index (χ0n) is 11.5. The van der Waals surface area contributed by atoms with Gasteiger partial charge in [-0.05, 0) is 24.6 Å². The molecule has 0 saturated heterocycles. The summed E-state index contributed by atoms with van der Waals surface area (Å²) in [5, 5.41) is 13.6. The Kier molecular flexibility index (Phi) is 4.18. The van der Waals surface area contributed by atoms with Gasteiger partial charge in [-0.25, -0.2) is 0 Å². The lowest BCUT2D eigenvalue weighted by Crippen LogP contribution is -2.24. The van der Waals surface area contributed by atoms with Crippen LogP contribution in [0.25, 0.3) is 0 Å². The molecule has 0 bridgehead atoms. The Morgan fingerprint density at radius 1 is 1.24 bits per heavy atom. The molecule has 0 aliphatic rings. The molecule has 0 aliphatic heterocycles. The van der Waals surface area contributed by atoms with E-state index in [0.717, 1.165) is 0 Å². The standard InChI is InChI=1S/C15H15N3O3/c1-10-11(5-4-8-14(10)18(20)21)9-17-15(19)12-6-2-3-7-13(12)16/h2-8H,9,16H2,1H3,(H,17,19). The molecule has 0 spiro atoms. The van der Waals surface area contributed by atoms with E-state index < -0.39 is 4.92 Å². The van der Waals surface area contributed by atoms with Crippen molar-refractivity contribution in [1.82, 2.24) is 5.32 Å². The van der Waals surface area contributed by atoms with Gasteiger partial charge >= 0.3 is 0 Å². The zero-order valence-corrected chi connectivity index (χ0v) is 11.5. The van der Waals surface area contributed by atoms with Gasteiger partial charge in [-0.3, -0.25) is 14.9 Å². The van der Waals surface area contributed by atoms with Crippen LogP contribution < -0.4 is 11.1 Å². The summed E-state index contributed by atoms with van der Waals surface area (Å²) < 4.78 is 0. The lowest BCUT2D eigenvalue weighted by atomic mass is 10.1. The van der Waals surface area contributed by atoms with Crippen molar-refractivity contribution in [3.05, 3.63) is 69.3 Å². The van der Waals surface area contributed by atoms with Gasteiger partial charge in [0.1, 0.15) is 0 Å². The quantitative estimate of drug-likeness (QED) is 0.512. The van der Waals surface area contributed by atoms with Crippen LogP contribution in [0.15, 0.2) is 42.5 Å². The maximum Gasteiger partial charge on any atom is 0.272 e. The molecular weight excluding hydrogens is 270 g/mol. The maximum atomic E-state index is 12.0. The Balaban J connectivity index is 2.14. The highest BCUT2D eigenvalue weighted by Crippen LogP contribution is 2.21. The van der Waals surface area contributed by atoms with Crippen molar-refractivity contribution in [2.45, 2.75) is 13.5 Å². The summed E-state index contributed by atoms with van der Waals surface area (Å²) in [5.41, 5.74) is 7.81. The number of nitro benzene ring substituents is 1. The van der Waals surface area contributed by atoms with Crippen LogP contribution in [0.2, 0.25) is 0 Å². The molecule has 2 rings (SSSR count). The second-order valence-corrected chi connectivity index (χ2v) is 4.59. The number of amides is 1. The van der Waals surface area contributed by atoms with Gasteiger partial charge in [0, 0.05) is 23.9 Å². The Morgan fingerprint density at radius 3 is 2.62 bits per heavy atom. The number of nitrogens with zero attached hydrogens (tertiary/aromatic N) is 1. The largest absolute Gasteiger partial charge is 0.398 e. The third-order valence-electron chi connectivity index (χ3n) is 3.26.